The third-order valence-corrected chi connectivity index (χ3v) is 4.79. The summed E-state index contributed by atoms with van der Waals surface area (Å²) >= 11 is 0. The molecule has 0 aliphatic heterocycles. The Hall–Kier alpha value is -0.780. The van der Waals surface area contributed by atoms with Crippen molar-refractivity contribution in [2.24, 2.45) is 11.8 Å². The van der Waals surface area contributed by atoms with E-state index in [1.165, 1.54) is 44.1 Å². The Morgan fingerprint density at radius 3 is 2.00 bits per heavy atom. The SMILES string of the molecule is Cc1ccc(C2CC3CCCCC3C2)cc1. The Morgan fingerprint density at radius 1 is 0.875 bits per heavy atom. The van der Waals surface area contributed by atoms with Gasteiger partial charge >= 0.3 is 0 Å². The summed E-state index contributed by atoms with van der Waals surface area (Å²) in [6.07, 6.45) is 8.92. The fourth-order valence-electron chi connectivity index (χ4n) is 3.84. The van der Waals surface area contributed by atoms with Crippen molar-refractivity contribution in [2.75, 3.05) is 0 Å². The lowest BCUT2D eigenvalue weighted by molar-refractivity contribution is 0.277. The Labute approximate surface area is 99.1 Å². The second kappa shape index (κ2) is 4.24. The molecule has 0 saturated heterocycles. The van der Waals surface area contributed by atoms with E-state index in [4.69, 9.17) is 0 Å². The quantitative estimate of drug-likeness (QED) is 0.637. The van der Waals surface area contributed by atoms with Gasteiger partial charge in [-0.05, 0) is 43.1 Å². The molecule has 0 amide bonds. The van der Waals surface area contributed by atoms with E-state index in [0.717, 1.165) is 17.8 Å². The van der Waals surface area contributed by atoms with Gasteiger partial charge in [0.1, 0.15) is 0 Å². The largest absolute Gasteiger partial charge is 0.0590 e. The molecule has 0 heteroatoms. The predicted molar refractivity (Wildman–Crippen MR) is 68.6 cm³/mol. The average molecular weight is 214 g/mol. The van der Waals surface area contributed by atoms with E-state index in [2.05, 4.69) is 31.2 Å². The van der Waals surface area contributed by atoms with Gasteiger partial charge in [0.25, 0.3) is 0 Å². The molecule has 86 valence electrons. The minimum atomic E-state index is 0.869. The van der Waals surface area contributed by atoms with Crippen LogP contribution in [0.2, 0.25) is 0 Å². The van der Waals surface area contributed by atoms with E-state index in [0.29, 0.717) is 0 Å². The molecular formula is C16H22. The van der Waals surface area contributed by atoms with Crippen LogP contribution in [0.4, 0.5) is 0 Å². The van der Waals surface area contributed by atoms with Crippen LogP contribution in [0.25, 0.3) is 0 Å². The molecule has 16 heavy (non-hydrogen) atoms. The number of hydrogen-bond donors (Lipinski definition) is 0. The van der Waals surface area contributed by atoms with E-state index in [9.17, 15) is 0 Å². The molecule has 3 rings (SSSR count). The van der Waals surface area contributed by atoms with E-state index >= 15 is 0 Å². The van der Waals surface area contributed by atoms with E-state index < -0.39 is 0 Å². The van der Waals surface area contributed by atoms with Crippen LogP contribution in [0.3, 0.4) is 0 Å². The smallest absolute Gasteiger partial charge is 0.0156 e. The maximum atomic E-state index is 2.36. The summed E-state index contributed by atoms with van der Waals surface area (Å²) in [6.45, 7) is 2.18. The standard InChI is InChI=1S/C16H22/c1-12-6-8-13(9-7-12)16-10-14-4-2-3-5-15(14)11-16/h6-9,14-16H,2-5,10-11H2,1H3. The lowest BCUT2D eigenvalue weighted by Gasteiger charge is -2.24. The second-order valence-electron chi connectivity index (χ2n) is 5.88. The van der Waals surface area contributed by atoms with Crippen molar-refractivity contribution in [2.45, 2.75) is 51.4 Å². The van der Waals surface area contributed by atoms with Crippen molar-refractivity contribution < 1.29 is 0 Å². The molecule has 0 radical (unpaired) electrons. The first-order valence-electron chi connectivity index (χ1n) is 6.89. The molecule has 0 spiro atoms. The van der Waals surface area contributed by atoms with Gasteiger partial charge in [0.15, 0.2) is 0 Å². The molecule has 2 aliphatic carbocycles. The highest BCUT2D eigenvalue weighted by atomic mass is 14.4. The Bertz CT molecular complexity index is 335. The van der Waals surface area contributed by atoms with Crippen LogP contribution in [-0.4, -0.2) is 0 Å². The number of fused-ring (bicyclic) bond motifs is 1. The maximum absolute atomic E-state index is 2.36. The van der Waals surface area contributed by atoms with Crippen LogP contribution >= 0.6 is 0 Å². The van der Waals surface area contributed by atoms with Gasteiger partial charge in [0.05, 0.1) is 0 Å². The zero-order valence-electron chi connectivity index (χ0n) is 10.3. The van der Waals surface area contributed by atoms with Crippen LogP contribution in [0, 0.1) is 18.8 Å². The Kier molecular flexibility index (Phi) is 2.75. The lowest BCUT2D eigenvalue weighted by Crippen LogP contribution is -2.12. The van der Waals surface area contributed by atoms with E-state index in [-0.39, 0.29) is 0 Å². The highest BCUT2D eigenvalue weighted by Gasteiger charge is 2.35. The molecule has 0 heterocycles. The Morgan fingerprint density at radius 2 is 1.44 bits per heavy atom. The van der Waals surface area contributed by atoms with Crippen LogP contribution in [-0.2, 0) is 0 Å². The van der Waals surface area contributed by atoms with Crippen molar-refractivity contribution in [1.29, 1.82) is 0 Å². The molecule has 0 bridgehead atoms. The molecule has 1 aromatic rings. The first-order valence-corrected chi connectivity index (χ1v) is 6.89. The average Bonchev–Trinajstić information content (AvgIpc) is 2.73. The lowest BCUT2D eigenvalue weighted by atomic mass is 9.82. The summed E-state index contributed by atoms with van der Waals surface area (Å²) in [5, 5.41) is 0. The van der Waals surface area contributed by atoms with Gasteiger partial charge in [-0.15, -0.1) is 0 Å². The summed E-state index contributed by atoms with van der Waals surface area (Å²) in [4.78, 5) is 0. The van der Waals surface area contributed by atoms with Gasteiger partial charge in [-0.1, -0.05) is 55.5 Å². The molecule has 2 fully saturated rings. The molecule has 2 unspecified atom stereocenters. The first kappa shape index (κ1) is 10.4. The molecule has 0 nitrogen and oxygen atoms in total. The topological polar surface area (TPSA) is 0 Å². The van der Waals surface area contributed by atoms with Gasteiger partial charge in [0, 0.05) is 0 Å². The number of rotatable bonds is 1. The van der Waals surface area contributed by atoms with Crippen molar-refractivity contribution in [1.82, 2.24) is 0 Å². The fourth-order valence-corrected chi connectivity index (χ4v) is 3.84. The zero-order chi connectivity index (χ0) is 11.0. The van der Waals surface area contributed by atoms with Crippen LogP contribution < -0.4 is 0 Å². The van der Waals surface area contributed by atoms with Crippen LogP contribution in [0.1, 0.15) is 55.6 Å². The summed E-state index contributed by atoms with van der Waals surface area (Å²) in [5.41, 5.74) is 2.99. The summed E-state index contributed by atoms with van der Waals surface area (Å²) in [5.74, 6) is 2.98. The number of benzene rings is 1. The summed E-state index contributed by atoms with van der Waals surface area (Å²) in [6, 6.07) is 9.27. The van der Waals surface area contributed by atoms with Gasteiger partial charge < -0.3 is 0 Å². The van der Waals surface area contributed by atoms with Gasteiger partial charge in [-0.2, -0.15) is 0 Å². The highest BCUT2D eigenvalue weighted by Crippen LogP contribution is 2.48. The minimum absolute atomic E-state index is 0.869. The molecular weight excluding hydrogens is 192 g/mol. The Balaban J connectivity index is 1.75. The van der Waals surface area contributed by atoms with Crippen LogP contribution in [0.5, 0.6) is 0 Å². The zero-order valence-corrected chi connectivity index (χ0v) is 10.3. The van der Waals surface area contributed by atoms with Gasteiger partial charge in [0.2, 0.25) is 0 Å². The summed E-state index contributed by atoms with van der Waals surface area (Å²) < 4.78 is 0. The fraction of sp³-hybridized carbons (Fsp3) is 0.625. The molecule has 2 atom stereocenters. The van der Waals surface area contributed by atoms with Gasteiger partial charge in [-0.3, -0.25) is 0 Å². The third kappa shape index (κ3) is 1.90. The second-order valence-corrected chi connectivity index (χ2v) is 5.88. The number of aryl methyl sites for hydroxylation is 1. The molecule has 1 aromatic carbocycles. The number of hydrogen-bond acceptors (Lipinski definition) is 0. The summed E-state index contributed by atoms with van der Waals surface area (Å²) in [7, 11) is 0. The van der Waals surface area contributed by atoms with Crippen molar-refractivity contribution in [3.63, 3.8) is 0 Å². The van der Waals surface area contributed by atoms with E-state index in [1.54, 1.807) is 5.56 Å². The molecule has 2 saturated carbocycles. The van der Waals surface area contributed by atoms with Crippen LogP contribution in [0.15, 0.2) is 24.3 Å². The van der Waals surface area contributed by atoms with Gasteiger partial charge in [-0.25, -0.2) is 0 Å². The molecule has 0 aromatic heterocycles. The molecule has 0 N–H and O–H groups in total. The van der Waals surface area contributed by atoms with Crippen molar-refractivity contribution >= 4 is 0 Å². The highest BCUT2D eigenvalue weighted by molar-refractivity contribution is 5.25. The van der Waals surface area contributed by atoms with E-state index in [1.807, 2.05) is 0 Å². The maximum Gasteiger partial charge on any atom is -0.0156 e. The molecule has 2 aliphatic rings. The normalized spacial score (nSPS) is 33.7. The van der Waals surface area contributed by atoms with Crippen molar-refractivity contribution in [3.05, 3.63) is 35.4 Å². The first-order chi connectivity index (χ1) is 7.83. The van der Waals surface area contributed by atoms with Crippen molar-refractivity contribution in [3.8, 4) is 0 Å². The predicted octanol–water partition coefficient (Wildman–Crippen LogP) is 4.68. The third-order valence-electron chi connectivity index (χ3n) is 4.79. The minimum Gasteiger partial charge on any atom is -0.0590 e. The monoisotopic (exact) mass is 214 g/mol.